The van der Waals surface area contributed by atoms with E-state index in [1.54, 1.807) is 54.7 Å². The number of ether oxygens (including phenoxy) is 1. The number of ketones is 1. The van der Waals surface area contributed by atoms with Crippen molar-refractivity contribution in [3.63, 3.8) is 0 Å². The lowest BCUT2D eigenvalue weighted by molar-refractivity contribution is -0.136. The van der Waals surface area contributed by atoms with Crippen LogP contribution in [-0.2, 0) is 4.79 Å². The van der Waals surface area contributed by atoms with E-state index in [1.165, 1.54) is 9.80 Å². The molecule has 0 unspecified atom stereocenters. The number of amides is 1. The minimum Gasteiger partial charge on any atom is -0.478 e. The Labute approximate surface area is 188 Å². The van der Waals surface area contributed by atoms with E-state index in [4.69, 9.17) is 16.3 Å². The van der Waals surface area contributed by atoms with Crippen molar-refractivity contribution < 1.29 is 14.3 Å². The normalized spacial score (nSPS) is 17.7. The van der Waals surface area contributed by atoms with Crippen molar-refractivity contribution in [1.82, 2.24) is 15.1 Å². The van der Waals surface area contributed by atoms with Crippen LogP contribution < -0.4 is 9.75 Å². The highest BCUT2D eigenvalue weighted by Crippen LogP contribution is 2.28. The molecule has 0 bridgehead atoms. The summed E-state index contributed by atoms with van der Waals surface area (Å²) >= 11 is 5.97. The molecule has 7 nitrogen and oxygen atoms in total. The Morgan fingerprint density at radius 3 is 2.25 bits per heavy atom. The topological polar surface area (TPSA) is 77.3 Å². The molecule has 1 amide bonds. The Bertz CT molecular complexity index is 1260. The first-order valence-corrected chi connectivity index (χ1v) is 10.3. The van der Waals surface area contributed by atoms with Gasteiger partial charge in [-0.15, -0.1) is 5.10 Å². The lowest BCUT2D eigenvalue weighted by Crippen LogP contribution is -2.74. The lowest BCUT2D eigenvalue weighted by Gasteiger charge is -2.44. The number of carbonyl (C=O) groups excluding carboxylic acids is 2. The Balaban J connectivity index is 1.48. The molecular weight excluding hydrogens is 428 g/mol. The van der Waals surface area contributed by atoms with E-state index >= 15 is 0 Å². The van der Waals surface area contributed by atoms with Gasteiger partial charge < -0.3 is 4.74 Å². The number of Topliss-reactive ketones (excluding diaryl/α,β-unsaturated/α-hetero) is 1. The second-order valence-electron chi connectivity index (χ2n) is 7.24. The van der Waals surface area contributed by atoms with Gasteiger partial charge in [0.05, 0.1) is 6.20 Å². The summed E-state index contributed by atoms with van der Waals surface area (Å²) in [6.45, 7) is 0. The van der Waals surface area contributed by atoms with Crippen LogP contribution in [0.3, 0.4) is 0 Å². The summed E-state index contributed by atoms with van der Waals surface area (Å²) in [5.41, 5.74) is 1.86. The van der Waals surface area contributed by atoms with E-state index in [-0.39, 0.29) is 11.7 Å². The second-order valence-corrected chi connectivity index (χ2v) is 7.68. The van der Waals surface area contributed by atoms with Gasteiger partial charge in [0.2, 0.25) is 6.10 Å². The van der Waals surface area contributed by atoms with Crippen molar-refractivity contribution >= 4 is 23.3 Å². The standard InChI is InChI=1S/C24H17ClN4O3/c25-18-13-11-17(12-14-18)22(30)21-23(32-19-9-5-2-6-10-19)24(31)29(21)28-15-20(26-27-28)16-7-3-1-4-8-16/h1-15,21,23H/t21-,23+/m1/s1. The van der Waals surface area contributed by atoms with Gasteiger partial charge in [0.1, 0.15) is 11.4 Å². The monoisotopic (exact) mass is 444 g/mol. The van der Waals surface area contributed by atoms with Gasteiger partial charge in [-0.25, -0.2) is 5.01 Å². The fourth-order valence-corrected chi connectivity index (χ4v) is 3.70. The fourth-order valence-electron chi connectivity index (χ4n) is 3.57. The number of para-hydroxylation sites is 1. The van der Waals surface area contributed by atoms with Crippen molar-refractivity contribution in [2.75, 3.05) is 5.01 Å². The molecule has 1 saturated heterocycles. The van der Waals surface area contributed by atoms with Gasteiger partial charge in [-0.2, -0.15) is 4.79 Å². The molecule has 1 aliphatic rings. The molecule has 2 atom stereocenters. The quantitative estimate of drug-likeness (QED) is 0.334. The molecule has 32 heavy (non-hydrogen) atoms. The first kappa shape index (κ1) is 20.0. The molecule has 1 fully saturated rings. The summed E-state index contributed by atoms with van der Waals surface area (Å²) in [7, 11) is 0. The molecule has 158 valence electrons. The van der Waals surface area contributed by atoms with Gasteiger partial charge in [0.15, 0.2) is 11.8 Å². The molecule has 0 saturated carbocycles. The first-order chi connectivity index (χ1) is 15.6. The molecular formula is C24H17ClN4O3. The predicted molar refractivity (Wildman–Crippen MR) is 119 cm³/mol. The number of β-lactam (4-membered cyclic amide) rings is 1. The van der Waals surface area contributed by atoms with Crippen LogP contribution >= 0.6 is 11.6 Å². The Morgan fingerprint density at radius 1 is 0.906 bits per heavy atom. The third kappa shape index (κ3) is 3.63. The zero-order valence-corrected chi connectivity index (χ0v) is 17.5. The molecule has 0 aliphatic carbocycles. The highest BCUT2D eigenvalue weighted by molar-refractivity contribution is 6.30. The Morgan fingerprint density at radius 2 is 1.56 bits per heavy atom. The maximum absolute atomic E-state index is 13.4. The summed E-state index contributed by atoms with van der Waals surface area (Å²) in [6, 6.07) is 24.0. The molecule has 1 aliphatic heterocycles. The molecule has 3 aromatic carbocycles. The maximum Gasteiger partial charge on any atom is 0.287 e. The fraction of sp³-hybridized carbons (Fsp3) is 0.0833. The van der Waals surface area contributed by atoms with Crippen LogP contribution in [-0.4, -0.2) is 38.9 Å². The number of hydrogen-bond acceptors (Lipinski definition) is 5. The number of benzene rings is 3. The highest BCUT2D eigenvalue weighted by atomic mass is 35.5. The molecule has 0 radical (unpaired) electrons. The number of halogens is 1. The van der Waals surface area contributed by atoms with E-state index in [0.717, 1.165) is 5.56 Å². The van der Waals surface area contributed by atoms with E-state index in [9.17, 15) is 9.59 Å². The molecule has 4 aromatic rings. The van der Waals surface area contributed by atoms with Crippen LogP contribution in [0, 0.1) is 0 Å². The van der Waals surface area contributed by atoms with Gasteiger partial charge in [-0.05, 0) is 41.6 Å². The second kappa shape index (κ2) is 8.28. The minimum absolute atomic E-state index is 0.279. The van der Waals surface area contributed by atoms with Crippen molar-refractivity contribution in [2.45, 2.75) is 12.1 Å². The van der Waals surface area contributed by atoms with Crippen LogP contribution in [0.25, 0.3) is 11.3 Å². The van der Waals surface area contributed by atoms with Crippen molar-refractivity contribution in [3.8, 4) is 17.0 Å². The molecule has 0 spiro atoms. The van der Waals surface area contributed by atoms with Crippen LogP contribution in [0.4, 0.5) is 0 Å². The van der Waals surface area contributed by atoms with Crippen LogP contribution in [0.1, 0.15) is 10.4 Å². The highest BCUT2D eigenvalue weighted by Gasteiger charge is 2.55. The van der Waals surface area contributed by atoms with Gasteiger partial charge in [-0.1, -0.05) is 60.1 Å². The summed E-state index contributed by atoms with van der Waals surface area (Å²) in [5.74, 6) is -0.160. The average Bonchev–Trinajstić information content (AvgIpc) is 3.31. The van der Waals surface area contributed by atoms with Crippen molar-refractivity contribution in [3.05, 3.63) is 102 Å². The molecule has 2 heterocycles. The third-order valence-corrected chi connectivity index (χ3v) is 5.45. The minimum atomic E-state index is -0.982. The molecule has 8 heteroatoms. The summed E-state index contributed by atoms with van der Waals surface area (Å²) in [6.07, 6.45) is 0.638. The number of carbonyl (C=O) groups is 2. The summed E-state index contributed by atoms with van der Waals surface area (Å²) < 4.78 is 5.89. The van der Waals surface area contributed by atoms with Crippen LogP contribution in [0.15, 0.2) is 91.1 Å². The largest absolute Gasteiger partial charge is 0.478 e. The van der Waals surface area contributed by atoms with Gasteiger partial charge in [0.25, 0.3) is 5.91 Å². The molecule has 0 N–H and O–H groups in total. The number of rotatable bonds is 6. The van der Waals surface area contributed by atoms with Crippen molar-refractivity contribution in [2.24, 2.45) is 0 Å². The Kier molecular flexibility index (Phi) is 5.17. The van der Waals surface area contributed by atoms with Crippen LogP contribution in [0.2, 0.25) is 5.02 Å². The average molecular weight is 445 g/mol. The third-order valence-electron chi connectivity index (χ3n) is 5.20. The summed E-state index contributed by atoms with van der Waals surface area (Å²) in [4.78, 5) is 27.7. The van der Waals surface area contributed by atoms with Gasteiger partial charge >= 0.3 is 0 Å². The Hall–Kier alpha value is -3.97. The smallest absolute Gasteiger partial charge is 0.287 e. The number of nitrogens with zero attached hydrogens (tertiary/aromatic N) is 4. The lowest BCUT2D eigenvalue weighted by atomic mass is 9.91. The SMILES string of the molecule is O=C(c1ccc(Cl)cc1)[C@@H]1[C@H](Oc2ccccc2)C(=O)N1n1cc(-c2ccccc2)nn1. The number of hydrogen-bond donors (Lipinski definition) is 0. The molecule has 5 rings (SSSR count). The van der Waals surface area contributed by atoms with Crippen molar-refractivity contribution in [1.29, 1.82) is 0 Å². The predicted octanol–water partition coefficient (Wildman–Crippen LogP) is 3.78. The zero-order valence-electron chi connectivity index (χ0n) is 16.7. The van der Waals surface area contributed by atoms with Crippen LogP contribution in [0.5, 0.6) is 5.75 Å². The molecule has 1 aromatic heterocycles. The number of aromatic nitrogens is 3. The van der Waals surface area contributed by atoms with Gasteiger partial charge in [-0.3, -0.25) is 9.59 Å². The van der Waals surface area contributed by atoms with Gasteiger partial charge in [0, 0.05) is 16.1 Å². The van der Waals surface area contributed by atoms with E-state index in [2.05, 4.69) is 10.3 Å². The first-order valence-electron chi connectivity index (χ1n) is 9.94. The van der Waals surface area contributed by atoms with E-state index in [0.29, 0.717) is 22.0 Å². The summed E-state index contributed by atoms with van der Waals surface area (Å²) in [5, 5.41) is 10.0. The van der Waals surface area contributed by atoms with E-state index in [1.807, 2.05) is 36.4 Å². The maximum atomic E-state index is 13.4. The van der Waals surface area contributed by atoms with E-state index < -0.39 is 12.1 Å². The zero-order chi connectivity index (χ0) is 22.1.